The van der Waals surface area contributed by atoms with Crippen LogP contribution in [-0.4, -0.2) is 22.0 Å². The molecule has 3 heteroatoms. The highest BCUT2D eigenvalue weighted by Crippen LogP contribution is 2.30. The van der Waals surface area contributed by atoms with Gasteiger partial charge in [0.25, 0.3) is 0 Å². The van der Waals surface area contributed by atoms with E-state index in [0.29, 0.717) is 6.42 Å². The predicted octanol–water partition coefficient (Wildman–Crippen LogP) is 2.77. The largest absolute Gasteiger partial charge is 0.394 e. The van der Waals surface area contributed by atoms with Crippen molar-refractivity contribution < 1.29 is 5.11 Å². The van der Waals surface area contributed by atoms with Crippen molar-refractivity contribution in [2.45, 2.75) is 43.4 Å². The molecule has 0 radical (unpaired) electrons. The monoisotopic (exact) mass is 198 g/mol. The van der Waals surface area contributed by atoms with Crippen molar-refractivity contribution in [3.63, 3.8) is 0 Å². The summed E-state index contributed by atoms with van der Waals surface area (Å²) in [5.41, 5.74) is 0. The van der Waals surface area contributed by atoms with Gasteiger partial charge in [-0.2, -0.15) is 0 Å². The molecule has 0 spiro atoms. The van der Waals surface area contributed by atoms with Crippen LogP contribution < -0.4 is 0 Å². The molecular weight excluding hydrogens is 183 g/mol. The maximum atomic E-state index is 8.97. The lowest BCUT2D eigenvalue weighted by molar-refractivity contribution is 0.232. The van der Waals surface area contributed by atoms with Crippen molar-refractivity contribution >= 4 is 23.2 Å². The van der Waals surface area contributed by atoms with E-state index in [1.165, 1.54) is 0 Å². The van der Waals surface area contributed by atoms with E-state index in [-0.39, 0.29) is 12.0 Å². The summed E-state index contributed by atoms with van der Waals surface area (Å²) >= 11 is 12.1. The molecule has 0 aliphatic carbocycles. The van der Waals surface area contributed by atoms with Crippen LogP contribution in [0.1, 0.15) is 33.1 Å². The summed E-state index contributed by atoms with van der Waals surface area (Å²) in [6.45, 7) is 3.95. The van der Waals surface area contributed by atoms with Crippen LogP contribution in [0.25, 0.3) is 0 Å². The molecule has 0 aromatic heterocycles. The first-order chi connectivity index (χ1) is 5.10. The van der Waals surface area contributed by atoms with E-state index in [4.69, 9.17) is 28.3 Å². The van der Waals surface area contributed by atoms with Gasteiger partial charge in [-0.15, -0.1) is 23.2 Å². The van der Waals surface area contributed by atoms with Gasteiger partial charge in [-0.3, -0.25) is 0 Å². The summed E-state index contributed by atoms with van der Waals surface area (Å²) in [6, 6.07) is 0. The van der Waals surface area contributed by atoms with Gasteiger partial charge in [0.1, 0.15) is 0 Å². The minimum absolute atomic E-state index is 0.0424. The fourth-order valence-electron chi connectivity index (χ4n) is 0.944. The van der Waals surface area contributed by atoms with Crippen molar-refractivity contribution in [2.24, 2.45) is 0 Å². The van der Waals surface area contributed by atoms with Crippen molar-refractivity contribution in [3.8, 4) is 0 Å². The fourth-order valence-corrected chi connectivity index (χ4v) is 1.50. The molecule has 0 aromatic carbocycles. The molecule has 1 nitrogen and oxygen atoms in total. The summed E-state index contributed by atoms with van der Waals surface area (Å²) in [5, 5.41) is 8.84. The first kappa shape index (κ1) is 11.5. The van der Waals surface area contributed by atoms with E-state index < -0.39 is 4.87 Å². The van der Waals surface area contributed by atoms with Crippen LogP contribution in [0.15, 0.2) is 0 Å². The van der Waals surface area contributed by atoms with Crippen molar-refractivity contribution in [2.75, 3.05) is 6.61 Å². The smallest absolute Gasteiger partial charge is 0.0836 e. The van der Waals surface area contributed by atoms with Crippen LogP contribution in [0.3, 0.4) is 0 Å². The lowest BCUT2D eigenvalue weighted by atomic mass is 9.99. The average Bonchev–Trinajstić information content (AvgIpc) is 2.03. The van der Waals surface area contributed by atoms with Gasteiger partial charge in [0.2, 0.25) is 0 Å². The average molecular weight is 199 g/mol. The minimum atomic E-state index is -0.614. The van der Waals surface area contributed by atoms with E-state index in [0.717, 1.165) is 12.8 Å². The number of aliphatic hydroxyl groups is 1. The molecule has 0 aromatic rings. The zero-order valence-electron chi connectivity index (χ0n) is 7.11. The molecule has 68 valence electrons. The summed E-state index contributed by atoms with van der Waals surface area (Å²) in [4.78, 5) is -0.614. The minimum Gasteiger partial charge on any atom is -0.394 e. The second kappa shape index (κ2) is 5.23. The fraction of sp³-hybridized carbons (Fsp3) is 1.00. The highest BCUT2D eigenvalue weighted by atomic mass is 35.5. The Labute approximate surface area is 78.7 Å². The zero-order valence-corrected chi connectivity index (χ0v) is 8.62. The lowest BCUT2D eigenvalue weighted by Crippen LogP contribution is -2.36. The normalized spacial score (nSPS) is 19.4. The number of hydrogen-bond donors (Lipinski definition) is 1. The second-order valence-corrected chi connectivity index (χ2v) is 4.08. The molecule has 2 atom stereocenters. The summed E-state index contributed by atoms with van der Waals surface area (Å²) < 4.78 is 0. The Morgan fingerprint density at radius 2 is 2.00 bits per heavy atom. The predicted molar refractivity (Wildman–Crippen MR) is 50.5 cm³/mol. The SMILES string of the molecule is CCCC(Cl)C(Cl)(CC)CO. The highest BCUT2D eigenvalue weighted by Gasteiger charge is 2.32. The van der Waals surface area contributed by atoms with Crippen molar-refractivity contribution in [1.82, 2.24) is 0 Å². The first-order valence-corrected chi connectivity index (χ1v) is 4.86. The third-order valence-electron chi connectivity index (χ3n) is 1.95. The van der Waals surface area contributed by atoms with Gasteiger partial charge in [0.05, 0.1) is 16.9 Å². The topological polar surface area (TPSA) is 20.2 Å². The van der Waals surface area contributed by atoms with Gasteiger partial charge in [0, 0.05) is 0 Å². The Bertz CT molecular complexity index is 102. The van der Waals surface area contributed by atoms with Gasteiger partial charge in [-0.1, -0.05) is 20.3 Å². The number of rotatable bonds is 5. The van der Waals surface area contributed by atoms with Crippen LogP contribution in [-0.2, 0) is 0 Å². The van der Waals surface area contributed by atoms with E-state index in [1.54, 1.807) is 0 Å². The van der Waals surface area contributed by atoms with E-state index in [1.807, 2.05) is 6.92 Å². The van der Waals surface area contributed by atoms with Crippen LogP contribution in [0.5, 0.6) is 0 Å². The quantitative estimate of drug-likeness (QED) is 0.675. The maximum absolute atomic E-state index is 8.97. The molecule has 0 aliphatic rings. The Kier molecular flexibility index (Phi) is 5.49. The summed E-state index contributed by atoms with van der Waals surface area (Å²) in [6.07, 6.45) is 2.57. The van der Waals surface area contributed by atoms with Gasteiger partial charge < -0.3 is 5.11 Å². The number of halogens is 2. The van der Waals surface area contributed by atoms with Crippen molar-refractivity contribution in [1.29, 1.82) is 0 Å². The summed E-state index contributed by atoms with van der Waals surface area (Å²) in [5.74, 6) is 0. The molecule has 0 saturated carbocycles. The number of hydrogen-bond acceptors (Lipinski definition) is 1. The first-order valence-electron chi connectivity index (χ1n) is 4.04. The van der Waals surface area contributed by atoms with Crippen LogP contribution in [0.4, 0.5) is 0 Å². The molecule has 0 fully saturated rings. The molecule has 0 rings (SSSR count). The maximum Gasteiger partial charge on any atom is 0.0836 e. The van der Waals surface area contributed by atoms with Crippen LogP contribution >= 0.6 is 23.2 Å². The Morgan fingerprint density at radius 1 is 1.45 bits per heavy atom. The third kappa shape index (κ3) is 3.18. The Hall–Kier alpha value is 0.540. The summed E-state index contributed by atoms with van der Waals surface area (Å²) in [7, 11) is 0. The third-order valence-corrected chi connectivity index (χ3v) is 3.35. The van der Waals surface area contributed by atoms with E-state index in [9.17, 15) is 0 Å². The molecule has 0 aliphatic heterocycles. The zero-order chi connectivity index (χ0) is 8.91. The van der Waals surface area contributed by atoms with Gasteiger partial charge in [0.15, 0.2) is 0 Å². The van der Waals surface area contributed by atoms with Crippen molar-refractivity contribution in [3.05, 3.63) is 0 Å². The molecule has 0 bridgehead atoms. The van der Waals surface area contributed by atoms with Gasteiger partial charge in [-0.05, 0) is 12.8 Å². The lowest BCUT2D eigenvalue weighted by Gasteiger charge is -2.28. The Morgan fingerprint density at radius 3 is 2.27 bits per heavy atom. The standard InChI is InChI=1S/C8H16Cl2O/c1-3-5-7(9)8(10,4-2)6-11/h7,11H,3-6H2,1-2H3. The second-order valence-electron chi connectivity index (χ2n) is 2.80. The van der Waals surface area contributed by atoms with Crippen LogP contribution in [0.2, 0.25) is 0 Å². The highest BCUT2D eigenvalue weighted by molar-refractivity contribution is 6.32. The Balaban J connectivity index is 4.00. The van der Waals surface area contributed by atoms with Gasteiger partial charge >= 0.3 is 0 Å². The molecule has 2 unspecified atom stereocenters. The molecule has 1 N–H and O–H groups in total. The number of alkyl halides is 2. The molecule has 0 saturated heterocycles. The van der Waals surface area contributed by atoms with E-state index >= 15 is 0 Å². The molecule has 0 heterocycles. The van der Waals surface area contributed by atoms with E-state index in [2.05, 4.69) is 6.92 Å². The van der Waals surface area contributed by atoms with Gasteiger partial charge in [-0.25, -0.2) is 0 Å². The number of aliphatic hydroxyl groups excluding tert-OH is 1. The molecule has 0 amide bonds. The van der Waals surface area contributed by atoms with Crippen LogP contribution in [0, 0.1) is 0 Å². The molecule has 11 heavy (non-hydrogen) atoms. The molecular formula is C8H16Cl2O.